The molecular weight excluding hydrogens is 489 g/mol. The van der Waals surface area contributed by atoms with Crippen LogP contribution < -0.4 is 20.1 Å². The van der Waals surface area contributed by atoms with Crippen LogP contribution in [-0.2, 0) is 6.54 Å². The molecule has 0 fully saturated rings. The first kappa shape index (κ1) is 24.5. The topological polar surface area (TPSA) is 75.1 Å². The lowest BCUT2D eigenvalue weighted by Gasteiger charge is -2.15. The zero-order valence-electron chi connectivity index (χ0n) is 16.6. The minimum absolute atomic E-state index is 0. The number of rotatable bonds is 10. The molecule has 156 valence electrons. The van der Waals surface area contributed by atoms with Gasteiger partial charge in [-0.3, -0.25) is 0 Å². The molecule has 8 heteroatoms. The third kappa shape index (κ3) is 7.84. The van der Waals surface area contributed by atoms with E-state index >= 15 is 0 Å². The minimum Gasteiger partial charge on any atom is -0.493 e. The second-order valence-corrected chi connectivity index (χ2v) is 6.87. The molecule has 0 saturated heterocycles. The second-order valence-electron chi connectivity index (χ2n) is 6.09. The lowest BCUT2D eigenvalue weighted by molar-refractivity contribution is 0.196. The Labute approximate surface area is 188 Å². The predicted octanol–water partition coefficient (Wildman–Crippen LogP) is 3.60. The van der Waals surface area contributed by atoms with E-state index in [0.29, 0.717) is 24.0 Å². The molecule has 1 heterocycles. The number of guanidine groups is 1. The van der Waals surface area contributed by atoms with E-state index in [9.17, 15) is 0 Å². The first-order chi connectivity index (χ1) is 13.2. The number of aliphatic hydroxyl groups excluding tert-OH is 1. The molecule has 0 amide bonds. The van der Waals surface area contributed by atoms with Crippen molar-refractivity contribution in [2.45, 2.75) is 26.3 Å². The molecule has 3 N–H and O–H groups in total. The highest BCUT2D eigenvalue weighted by molar-refractivity contribution is 14.0. The maximum absolute atomic E-state index is 8.89. The van der Waals surface area contributed by atoms with E-state index in [0.717, 1.165) is 24.6 Å². The summed E-state index contributed by atoms with van der Waals surface area (Å²) >= 11 is 1.72. The number of thiophene rings is 1. The first-order valence-electron chi connectivity index (χ1n) is 9.12. The number of nitrogens with one attached hydrogen (secondary N) is 2. The molecule has 0 aliphatic heterocycles. The molecule has 1 aromatic heterocycles. The maximum Gasteiger partial charge on any atom is 0.191 e. The van der Waals surface area contributed by atoms with Gasteiger partial charge in [0.1, 0.15) is 6.61 Å². The zero-order valence-corrected chi connectivity index (χ0v) is 19.8. The number of aliphatic hydroxyl groups is 1. The van der Waals surface area contributed by atoms with Crippen molar-refractivity contribution in [1.82, 2.24) is 10.6 Å². The van der Waals surface area contributed by atoms with Gasteiger partial charge in [-0.05, 0) is 52.9 Å². The molecule has 0 saturated carbocycles. The fourth-order valence-electron chi connectivity index (χ4n) is 2.52. The number of nitrogens with zero attached hydrogens (tertiary/aromatic N) is 1. The van der Waals surface area contributed by atoms with Gasteiger partial charge in [-0.1, -0.05) is 13.0 Å². The van der Waals surface area contributed by atoms with Crippen LogP contribution in [-0.4, -0.2) is 44.5 Å². The SMILES string of the molecule is CCNC(=NCc1ccc(OCCO)c(OC)c1)NCC(C)c1ccsc1.I. The summed E-state index contributed by atoms with van der Waals surface area (Å²) in [4.78, 5) is 4.66. The van der Waals surface area contributed by atoms with Crippen LogP contribution in [0, 0.1) is 0 Å². The smallest absolute Gasteiger partial charge is 0.191 e. The molecule has 6 nitrogen and oxygen atoms in total. The van der Waals surface area contributed by atoms with Crippen molar-refractivity contribution in [2.24, 2.45) is 4.99 Å². The monoisotopic (exact) mass is 519 g/mol. The molecule has 0 radical (unpaired) electrons. The van der Waals surface area contributed by atoms with Gasteiger partial charge >= 0.3 is 0 Å². The highest BCUT2D eigenvalue weighted by Crippen LogP contribution is 2.28. The van der Waals surface area contributed by atoms with Gasteiger partial charge in [0.25, 0.3) is 0 Å². The molecule has 2 rings (SSSR count). The van der Waals surface area contributed by atoms with Crippen molar-refractivity contribution in [3.63, 3.8) is 0 Å². The number of hydrogen-bond acceptors (Lipinski definition) is 5. The summed E-state index contributed by atoms with van der Waals surface area (Å²) in [6.45, 7) is 6.61. The van der Waals surface area contributed by atoms with E-state index in [-0.39, 0.29) is 37.2 Å². The Morgan fingerprint density at radius 2 is 2.07 bits per heavy atom. The quantitative estimate of drug-likeness (QED) is 0.254. The summed E-state index contributed by atoms with van der Waals surface area (Å²) in [5.41, 5.74) is 2.36. The van der Waals surface area contributed by atoms with Gasteiger partial charge in [0.05, 0.1) is 20.3 Å². The molecular formula is C20H30IN3O3S. The zero-order chi connectivity index (χ0) is 19.5. The highest BCUT2D eigenvalue weighted by atomic mass is 127. The van der Waals surface area contributed by atoms with E-state index in [1.165, 1.54) is 5.56 Å². The van der Waals surface area contributed by atoms with Crippen LogP contribution in [0.4, 0.5) is 0 Å². The molecule has 0 spiro atoms. The summed E-state index contributed by atoms with van der Waals surface area (Å²) in [7, 11) is 1.60. The summed E-state index contributed by atoms with van der Waals surface area (Å²) in [5.74, 6) is 2.47. The first-order valence-corrected chi connectivity index (χ1v) is 10.1. The normalized spacial score (nSPS) is 12.1. The molecule has 1 aromatic carbocycles. The summed E-state index contributed by atoms with van der Waals surface area (Å²) in [6.07, 6.45) is 0. The molecule has 0 aliphatic rings. The summed E-state index contributed by atoms with van der Waals surface area (Å²) in [5, 5.41) is 19.9. The molecule has 0 bridgehead atoms. The summed E-state index contributed by atoms with van der Waals surface area (Å²) in [6, 6.07) is 7.87. The Balaban J connectivity index is 0.00000392. The Bertz CT molecular complexity index is 711. The largest absolute Gasteiger partial charge is 0.493 e. The highest BCUT2D eigenvalue weighted by Gasteiger charge is 2.08. The van der Waals surface area contributed by atoms with Crippen molar-refractivity contribution in [1.29, 1.82) is 0 Å². The van der Waals surface area contributed by atoms with Gasteiger partial charge in [-0.25, -0.2) is 4.99 Å². The number of aliphatic imine (C=N–C) groups is 1. The van der Waals surface area contributed by atoms with Crippen LogP contribution in [0.1, 0.15) is 30.9 Å². The van der Waals surface area contributed by atoms with E-state index in [2.05, 4.69) is 46.3 Å². The van der Waals surface area contributed by atoms with Gasteiger partial charge in [-0.15, -0.1) is 24.0 Å². The van der Waals surface area contributed by atoms with Gasteiger partial charge in [0.2, 0.25) is 0 Å². The molecule has 1 unspecified atom stereocenters. The minimum atomic E-state index is -0.0310. The van der Waals surface area contributed by atoms with Gasteiger partial charge in [-0.2, -0.15) is 11.3 Å². The van der Waals surface area contributed by atoms with Crippen molar-refractivity contribution in [3.05, 3.63) is 46.2 Å². The standard InChI is InChI=1S/C20H29N3O3S.HI/c1-4-21-20(22-12-15(2)17-7-10-27-14-17)23-13-16-5-6-18(26-9-8-24)19(11-16)25-3;/h5-7,10-11,14-15,24H,4,8-9,12-13H2,1-3H3,(H2,21,22,23);1H. The number of hydrogen-bond donors (Lipinski definition) is 3. The molecule has 28 heavy (non-hydrogen) atoms. The van der Waals surface area contributed by atoms with Gasteiger partial charge in [0, 0.05) is 13.1 Å². The number of ether oxygens (including phenoxy) is 2. The van der Waals surface area contributed by atoms with E-state index in [1.54, 1.807) is 18.4 Å². The average Bonchev–Trinajstić information content (AvgIpc) is 3.23. The fraction of sp³-hybridized carbons (Fsp3) is 0.450. The van der Waals surface area contributed by atoms with Crippen molar-refractivity contribution >= 4 is 41.3 Å². The Morgan fingerprint density at radius 1 is 1.25 bits per heavy atom. The fourth-order valence-corrected chi connectivity index (χ4v) is 3.30. The Hall–Kier alpha value is -1.52. The van der Waals surface area contributed by atoms with E-state index in [4.69, 9.17) is 14.6 Å². The lowest BCUT2D eigenvalue weighted by atomic mass is 10.1. The van der Waals surface area contributed by atoms with Gasteiger partial charge < -0.3 is 25.2 Å². The van der Waals surface area contributed by atoms with Crippen LogP contribution in [0.3, 0.4) is 0 Å². The summed E-state index contributed by atoms with van der Waals surface area (Å²) < 4.78 is 10.8. The van der Waals surface area contributed by atoms with E-state index < -0.39 is 0 Å². The van der Waals surface area contributed by atoms with Crippen LogP contribution in [0.5, 0.6) is 11.5 Å². The molecule has 2 aromatic rings. The Kier molecular flexibility index (Phi) is 11.9. The van der Waals surface area contributed by atoms with Crippen LogP contribution >= 0.6 is 35.3 Å². The van der Waals surface area contributed by atoms with Crippen LogP contribution in [0.15, 0.2) is 40.0 Å². The van der Waals surface area contributed by atoms with Crippen molar-refractivity contribution in [3.8, 4) is 11.5 Å². The van der Waals surface area contributed by atoms with Crippen molar-refractivity contribution < 1.29 is 14.6 Å². The second kappa shape index (κ2) is 13.6. The maximum atomic E-state index is 8.89. The third-order valence-electron chi connectivity index (χ3n) is 4.03. The third-order valence-corrected chi connectivity index (χ3v) is 4.73. The van der Waals surface area contributed by atoms with E-state index in [1.807, 2.05) is 18.2 Å². The number of methoxy groups -OCH3 is 1. The van der Waals surface area contributed by atoms with Gasteiger partial charge in [0.15, 0.2) is 17.5 Å². The van der Waals surface area contributed by atoms with Crippen LogP contribution in [0.2, 0.25) is 0 Å². The lowest BCUT2D eigenvalue weighted by Crippen LogP contribution is -2.39. The molecule has 1 atom stereocenters. The van der Waals surface area contributed by atoms with Crippen molar-refractivity contribution in [2.75, 3.05) is 33.4 Å². The Morgan fingerprint density at radius 3 is 2.71 bits per heavy atom. The average molecular weight is 519 g/mol. The number of halogens is 1. The predicted molar refractivity (Wildman–Crippen MR) is 127 cm³/mol. The van der Waals surface area contributed by atoms with Crippen LogP contribution in [0.25, 0.3) is 0 Å². The molecule has 0 aliphatic carbocycles. The number of benzene rings is 1.